The predicted octanol–water partition coefficient (Wildman–Crippen LogP) is 4.99. The zero-order valence-corrected chi connectivity index (χ0v) is 13.3. The van der Waals surface area contributed by atoms with Gasteiger partial charge in [0.1, 0.15) is 5.75 Å². The molecule has 0 aliphatic carbocycles. The first-order valence-corrected chi connectivity index (χ1v) is 7.40. The predicted molar refractivity (Wildman–Crippen MR) is 82.8 cm³/mol. The van der Waals surface area contributed by atoms with E-state index in [1.165, 1.54) is 6.07 Å². The Labute approximate surface area is 135 Å². The van der Waals surface area contributed by atoms with Crippen molar-refractivity contribution < 1.29 is 13.5 Å². The van der Waals surface area contributed by atoms with Crippen molar-refractivity contribution in [2.45, 2.75) is 19.7 Å². The Morgan fingerprint density at radius 2 is 1.81 bits per heavy atom. The van der Waals surface area contributed by atoms with Crippen molar-refractivity contribution in [3.8, 4) is 5.75 Å². The van der Waals surface area contributed by atoms with Gasteiger partial charge in [0, 0.05) is 28.1 Å². The lowest BCUT2D eigenvalue weighted by Gasteiger charge is -2.12. The molecule has 2 nitrogen and oxygen atoms in total. The van der Waals surface area contributed by atoms with Gasteiger partial charge in [0.2, 0.25) is 0 Å². The molecule has 0 saturated heterocycles. The van der Waals surface area contributed by atoms with E-state index in [1.54, 1.807) is 12.1 Å². The van der Waals surface area contributed by atoms with Crippen LogP contribution >= 0.6 is 27.5 Å². The van der Waals surface area contributed by atoms with Crippen LogP contribution in [0.25, 0.3) is 0 Å². The largest absolute Gasteiger partial charge is 0.434 e. The van der Waals surface area contributed by atoms with Gasteiger partial charge < -0.3 is 10.1 Å². The smallest absolute Gasteiger partial charge is 0.387 e. The SMILES string of the molecule is FC(F)Oc1ccc(Br)cc1CNCc1ccccc1Cl. The van der Waals surface area contributed by atoms with Crippen molar-refractivity contribution in [2.75, 3.05) is 0 Å². The standard InChI is InChI=1S/C15H13BrClF2NO/c16-12-5-6-14(21-15(18)19)11(7-12)9-20-8-10-3-1-2-4-13(10)17/h1-7,15,20H,8-9H2. The lowest BCUT2D eigenvalue weighted by molar-refractivity contribution is -0.0505. The highest BCUT2D eigenvalue weighted by atomic mass is 79.9. The monoisotopic (exact) mass is 375 g/mol. The summed E-state index contributed by atoms with van der Waals surface area (Å²) < 4.78 is 30.0. The van der Waals surface area contributed by atoms with Crippen molar-refractivity contribution in [1.29, 1.82) is 0 Å². The number of alkyl halides is 2. The molecule has 0 fully saturated rings. The van der Waals surface area contributed by atoms with E-state index in [-0.39, 0.29) is 5.75 Å². The molecule has 0 heterocycles. The molecule has 2 rings (SSSR count). The van der Waals surface area contributed by atoms with Gasteiger partial charge in [-0.25, -0.2) is 0 Å². The summed E-state index contributed by atoms with van der Waals surface area (Å²) in [5.74, 6) is 0.167. The van der Waals surface area contributed by atoms with Crippen molar-refractivity contribution >= 4 is 27.5 Å². The van der Waals surface area contributed by atoms with Gasteiger partial charge in [-0.15, -0.1) is 0 Å². The van der Waals surface area contributed by atoms with Crippen molar-refractivity contribution in [3.05, 3.63) is 63.1 Å². The summed E-state index contributed by atoms with van der Waals surface area (Å²) in [5, 5.41) is 3.84. The van der Waals surface area contributed by atoms with Gasteiger partial charge in [-0.1, -0.05) is 45.7 Å². The van der Waals surface area contributed by atoms with Crippen LogP contribution in [-0.4, -0.2) is 6.61 Å². The Morgan fingerprint density at radius 3 is 2.52 bits per heavy atom. The number of hydrogen-bond donors (Lipinski definition) is 1. The molecule has 0 bridgehead atoms. The van der Waals surface area contributed by atoms with Crippen LogP contribution in [-0.2, 0) is 13.1 Å². The van der Waals surface area contributed by atoms with Crippen LogP contribution in [0, 0.1) is 0 Å². The van der Waals surface area contributed by atoms with Crippen molar-refractivity contribution in [3.63, 3.8) is 0 Å². The number of hydrogen-bond acceptors (Lipinski definition) is 2. The molecular weight excluding hydrogens is 364 g/mol. The molecule has 6 heteroatoms. The van der Waals surface area contributed by atoms with E-state index < -0.39 is 6.61 Å². The molecule has 0 spiro atoms. The van der Waals surface area contributed by atoms with Crippen LogP contribution in [0.5, 0.6) is 5.75 Å². The summed E-state index contributed by atoms with van der Waals surface area (Å²) in [4.78, 5) is 0. The van der Waals surface area contributed by atoms with Gasteiger partial charge in [-0.2, -0.15) is 8.78 Å². The van der Waals surface area contributed by atoms with Gasteiger partial charge in [0.25, 0.3) is 0 Å². The first-order chi connectivity index (χ1) is 10.1. The molecule has 2 aromatic carbocycles. The quantitative estimate of drug-likeness (QED) is 0.766. The van der Waals surface area contributed by atoms with Gasteiger partial charge in [-0.05, 0) is 29.8 Å². The third-order valence-corrected chi connectivity index (χ3v) is 3.69. The summed E-state index contributed by atoms with van der Waals surface area (Å²) in [6, 6.07) is 12.4. The van der Waals surface area contributed by atoms with E-state index >= 15 is 0 Å². The Kier molecular flexibility index (Phi) is 5.96. The second kappa shape index (κ2) is 7.73. The first-order valence-electron chi connectivity index (χ1n) is 6.23. The lowest BCUT2D eigenvalue weighted by Crippen LogP contribution is -2.14. The third kappa shape index (κ3) is 4.95. The van der Waals surface area contributed by atoms with Gasteiger partial charge in [0.05, 0.1) is 0 Å². The topological polar surface area (TPSA) is 21.3 Å². The van der Waals surface area contributed by atoms with Crippen molar-refractivity contribution in [1.82, 2.24) is 5.32 Å². The molecule has 0 aliphatic rings. The number of nitrogens with one attached hydrogen (secondary N) is 1. The first kappa shape index (κ1) is 16.2. The molecule has 21 heavy (non-hydrogen) atoms. The van der Waals surface area contributed by atoms with Crippen LogP contribution in [0.1, 0.15) is 11.1 Å². The molecule has 2 aromatic rings. The molecular formula is C15H13BrClF2NO. The number of benzene rings is 2. The molecule has 0 aromatic heterocycles. The molecule has 0 amide bonds. The maximum atomic E-state index is 12.4. The molecule has 1 N–H and O–H groups in total. The highest BCUT2D eigenvalue weighted by Crippen LogP contribution is 2.25. The van der Waals surface area contributed by atoms with E-state index in [0.29, 0.717) is 23.7 Å². The maximum absolute atomic E-state index is 12.4. The minimum Gasteiger partial charge on any atom is -0.434 e. The van der Waals surface area contributed by atoms with Gasteiger partial charge in [0.15, 0.2) is 0 Å². The maximum Gasteiger partial charge on any atom is 0.387 e. The van der Waals surface area contributed by atoms with Crippen LogP contribution in [0.4, 0.5) is 8.78 Å². The van der Waals surface area contributed by atoms with Crippen molar-refractivity contribution in [2.24, 2.45) is 0 Å². The molecule has 0 radical (unpaired) electrons. The Bertz CT molecular complexity index is 610. The average molecular weight is 377 g/mol. The normalized spacial score (nSPS) is 10.9. The second-order valence-corrected chi connectivity index (χ2v) is 5.65. The number of ether oxygens (including phenoxy) is 1. The fourth-order valence-corrected chi connectivity index (χ4v) is 2.48. The summed E-state index contributed by atoms with van der Waals surface area (Å²) >= 11 is 9.38. The summed E-state index contributed by atoms with van der Waals surface area (Å²) in [7, 11) is 0. The van der Waals surface area contributed by atoms with E-state index in [9.17, 15) is 8.78 Å². The average Bonchev–Trinajstić information content (AvgIpc) is 2.43. The highest BCUT2D eigenvalue weighted by Gasteiger charge is 2.10. The number of rotatable bonds is 6. The highest BCUT2D eigenvalue weighted by molar-refractivity contribution is 9.10. The molecule has 0 unspecified atom stereocenters. The molecule has 112 valence electrons. The Hall–Kier alpha value is -1.17. The van der Waals surface area contributed by atoms with E-state index in [2.05, 4.69) is 26.0 Å². The lowest BCUT2D eigenvalue weighted by atomic mass is 10.2. The van der Waals surface area contributed by atoms with Crippen LogP contribution < -0.4 is 10.1 Å². The minimum absolute atomic E-state index is 0.167. The zero-order valence-electron chi connectivity index (χ0n) is 11.0. The Morgan fingerprint density at radius 1 is 1.10 bits per heavy atom. The van der Waals surface area contributed by atoms with Gasteiger partial charge in [-0.3, -0.25) is 0 Å². The minimum atomic E-state index is -2.84. The van der Waals surface area contributed by atoms with E-state index in [4.69, 9.17) is 11.6 Å². The number of halogens is 4. The second-order valence-electron chi connectivity index (χ2n) is 4.33. The van der Waals surface area contributed by atoms with Crippen LogP contribution in [0.15, 0.2) is 46.9 Å². The molecule has 0 saturated carbocycles. The fraction of sp³-hybridized carbons (Fsp3) is 0.200. The summed E-state index contributed by atoms with van der Waals surface area (Å²) in [6.07, 6.45) is 0. The van der Waals surface area contributed by atoms with Gasteiger partial charge >= 0.3 is 6.61 Å². The Balaban J connectivity index is 2.02. The van der Waals surface area contributed by atoms with Crippen LogP contribution in [0.3, 0.4) is 0 Å². The van der Waals surface area contributed by atoms with E-state index in [0.717, 1.165) is 10.0 Å². The summed E-state index contributed by atoms with van der Waals surface area (Å²) in [5.41, 5.74) is 1.60. The molecule has 0 atom stereocenters. The molecule has 0 aliphatic heterocycles. The summed E-state index contributed by atoms with van der Waals surface area (Å²) in [6.45, 7) is -1.90. The van der Waals surface area contributed by atoms with E-state index in [1.807, 2.05) is 24.3 Å². The fourth-order valence-electron chi connectivity index (χ4n) is 1.87. The third-order valence-electron chi connectivity index (χ3n) is 2.83. The zero-order chi connectivity index (χ0) is 15.2. The van der Waals surface area contributed by atoms with Crippen LogP contribution in [0.2, 0.25) is 5.02 Å².